The van der Waals surface area contributed by atoms with Gasteiger partial charge in [0, 0.05) is 29.9 Å². The summed E-state index contributed by atoms with van der Waals surface area (Å²) in [6.45, 7) is 0.540. The third-order valence-electron chi connectivity index (χ3n) is 3.24. The molecule has 2 aromatic heterocycles. The van der Waals surface area contributed by atoms with E-state index < -0.39 is 0 Å². The lowest BCUT2D eigenvalue weighted by atomic mass is 10.1. The number of phenols is 1. The van der Waals surface area contributed by atoms with Crippen LogP contribution in [-0.2, 0) is 6.54 Å². The number of hydrogen-bond acceptors (Lipinski definition) is 5. The minimum Gasteiger partial charge on any atom is -0.508 e. The van der Waals surface area contributed by atoms with Crippen LogP contribution in [0.3, 0.4) is 0 Å². The Morgan fingerprint density at radius 1 is 1.14 bits per heavy atom. The molecule has 0 aliphatic heterocycles. The molecule has 2 N–H and O–H groups in total. The molecule has 21 heavy (non-hydrogen) atoms. The molecule has 0 atom stereocenters. The van der Waals surface area contributed by atoms with E-state index in [2.05, 4.69) is 15.3 Å². The fourth-order valence-electron chi connectivity index (χ4n) is 2.22. The van der Waals surface area contributed by atoms with Crippen LogP contribution in [0.1, 0.15) is 5.56 Å². The van der Waals surface area contributed by atoms with Gasteiger partial charge in [0.1, 0.15) is 11.6 Å². The van der Waals surface area contributed by atoms with Crippen LogP contribution in [0, 0.1) is 0 Å². The molecule has 0 spiro atoms. The van der Waals surface area contributed by atoms with Crippen LogP contribution >= 0.6 is 0 Å². The van der Waals surface area contributed by atoms with E-state index in [0.29, 0.717) is 18.2 Å². The molecule has 3 aromatic rings. The Morgan fingerprint density at radius 2 is 2.05 bits per heavy atom. The molecule has 2 heterocycles. The highest BCUT2D eigenvalue weighted by Crippen LogP contribution is 2.26. The molecule has 106 valence electrons. The largest absolute Gasteiger partial charge is 0.508 e. The van der Waals surface area contributed by atoms with E-state index in [1.54, 1.807) is 31.6 Å². The standard InChI is InChI=1S/C16H15N3O2/c1-21-16-12(3-2-7-18-16)10-19-15-14-9-13(20)5-4-11(14)6-8-17-15/h2-9,20H,10H2,1H3,(H,17,19). The molecule has 0 radical (unpaired) electrons. The van der Waals surface area contributed by atoms with Crippen LogP contribution in [0.4, 0.5) is 5.82 Å². The summed E-state index contributed by atoms with van der Waals surface area (Å²) in [5.74, 6) is 1.53. The van der Waals surface area contributed by atoms with Crippen molar-refractivity contribution in [2.45, 2.75) is 6.54 Å². The normalized spacial score (nSPS) is 10.5. The Morgan fingerprint density at radius 3 is 2.90 bits per heavy atom. The molecule has 0 saturated carbocycles. The Balaban J connectivity index is 1.90. The van der Waals surface area contributed by atoms with Gasteiger partial charge in [0.15, 0.2) is 0 Å². The van der Waals surface area contributed by atoms with E-state index >= 15 is 0 Å². The third-order valence-corrected chi connectivity index (χ3v) is 3.24. The topological polar surface area (TPSA) is 67.3 Å². The van der Waals surface area contributed by atoms with Crippen LogP contribution in [0.5, 0.6) is 11.6 Å². The molecule has 3 rings (SSSR count). The van der Waals surface area contributed by atoms with E-state index in [-0.39, 0.29) is 5.75 Å². The maximum atomic E-state index is 9.64. The quantitative estimate of drug-likeness (QED) is 0.769. The highest BCUT2D eigenvalue weighted by molar-refractivity contribution is 5.92. The van der Waals surface area contributed by atoms with Gasteiger partial charge in [-0.15, -0.1) is 0 Å². The van der Waals surface area contributed by atoms with E-state index in [1.807, 2.05) is 24.3 Å². The molecule has 0 aliphatic carbocycles. The van der Waals surface area contributed by atoms with Crippen molar-refractivity contribution in [3.8, 4) is 11.6 Å². The number of aromatic hydroxyl groups is 1. The summed E-state index contributed by atoms with van der Waals surface area (Å²) in [4.78, 5) is 8.50. The monoisotopic (exact) mass is 281 g/mol. The Hall–Kier alpha value is -2.82. The molecule has 0 aliphatic rings. The number of fused-ring (bicyclic) bond motifs is 1. The fraction of sp³-hybridized carbons (Fsp3) is 0.125. The zero-order valence-electron chi connectivity index (χ0n) is 11.6. The number of hydrogen-bond donors (Lipinski definition) is 2. The minimum atomic E-state index is 0.220. The summed E-state index contributed by atoms with van der Waals surface area (Å²) in [6.07, 6.45) is 3.43. The van der Waals surface area contributed by atoms with Crippen molar-refractivity contribution in [1.82, 2.24) is 9.97 Å². The molecule has 0 bridgehead atoms. The first-order valence-electron chi connectivity index (χ1n) is 6.57. The van der Waals surface area contributed by atoms with Crippen LogP contribution in [0.15, 0.2) is 48.8 Å². The van der Waals surface area contributed by atoms with E-state index in [1.165, 1.54) is 0 Å². The zero-order valence-corrected chi connectivity index (χ0v) is 11.6. The van der Waals surface area contributed by atoms with Gasteiger partial charge in [-0.05, 0) is 29.7 Å². The van der Waals surface area contributed by atoms with Gasteiger partial charge in [-0.2, -0.15) is 0 Å². The molecule has 0 saturated heterocycles. The van der Waals surface area contributed by atoms with Crippen molar-refractivity contribution in [2.24, 2.45) is 0 Å². The van der Waals surface area contributed by atoms with E-state index in [0.717, 1.165) is 16.3 Å². The lowest BCUT2D eigenvalue weighted by Crippen LogP contribution is -2.04. The summed E-state index contributed by atoms with van der Waals surface area (Å²) in [5, 5.41) is 14.8. The second-order valence-electron chi connectivity index (χ2n) is 4.59. The van der Waals surface area contributed by atoms with Gasteiger partial charge in [0.2, 0.25) is 5.88 Å². The first kappa shape index (κ1) is 13.2. The van der Waals surface area contributed by atoms with Crippen molar-refractivity contribution in [2.75, 3.05) is 12.4 Å². The van der Waals surface area contributed by atoms with Crippen LogP contribution in [-0.4, -0.2) is 22.2 Å². The number of ether oxygens (including phenoxy) is 1. The Bertz CT molecular complexity index is 774. The molecule has 1 aromatic carbocycles. The third kappa shape index (κ3) is 2.72. The Kier molecular flexibility index (Phi) is 3.55. The van der Waals surface area contributed by atoms with Crippen LogP contribution in [0.25, 0.3) is 10.8 Å². The number of rotatable bonds is 4. The highest BCUT2D eigenvalue weighted by atomic mass is 16.5. The van der Waals surface area contributed by atoms with Crippen molar-refractivity contribution in [1.29, 1.82) is 0 Å². The molecule has 0 unspecified atom stereocenters. The number of methoxy groups -OCH3 is 1. The number of nitrogens with zero attached hydrogens (tertiary/aromatic N) is 2. The number of benzene rings is 1. The summed E-state index contributed by atoms with van der Waals surface area (Å²) in [5.41, 5.74) is 0.943. The van der Waals surface area contributed by atoms with E-state index in [4.69, 9.17) is 4.74 Å². The smallest absolute Gasteiger partial charge is 0.218 e. The molecular weight excluding hydrogens is 266 g/mol. The maximum Gasteiger partial charge on any atom is 0.218 e. The van der Waals surface area contributed by atoms with Gasteiger partial charge in [-0.25, -0.2) is 9.97 Å². The molecule has 0 fully saturated rings. The van der Waals surface area contributed by atoms with Gasteiger partial charge in [-0.1, -0.05) is 12.1 Å². The number of pyridine rings is 2. The van der Waals surface area contributed by atoms with Gasteiger partial charge < -0.3 is 15.2 Å². The number of phenolic OH excluding ortho intramolecular Hbond substituents is 1. The summed E-state index contributed by atoms with van der Waals surface area (Å²) in [6, 6.07) is 10.9. The predicted molar refractivity (Wildman–Crippen MR) is 81.5 cm³/mol. The average molecular weight is 281 g/mol. The number of nitrogens with one attached hydrogen (secondary N) is 1. The van der Waals surface area contributed by atoms with Crippen molar-refractivity contribution in [3.05, 3.63) is 54.4 Å². The van der Waals surface area contributed by atoms with Crippen molar-refractivity contribution >= 4 is 16.6 Å². The van der Waals surface area contributed by atoms with Crippen LogP contribution in [0.2, 0.25) is 0 Å². The van der Waals surface area contributed by atoms with Crippen molar-refractivity contribution < 1.29 is 9.84 Å². The Labute approximate surface area is 122 Å². The summed E-state index contributed by atoms with van der Waals surface area (Å²) in [7, 11) is 1.60. The van der Waals surface area contributed by atoms with Gasteiger partial charge >= 0.3 is 0 Å². The molecule has 0 amide bonds. The summed E-state index contributed by atoms with van der Waals surface area (Å²) < 4.78 is 5.23. The lowest BCUT2D eigenvalue weighted by Gasteiger charge is -2.11. The predicted octanol–water partition coefficient (Wildman–Crippen LogP) is 2.96. The first-order valence-corrected chi connectivity index (χ1v) is 6.57. The minimum absolute atomic E-state index is 0.220. The number of anilines is 1. The highest BCUT2D eigenvalue weighted by Gasteiger charge is 2.06. The molecule has 5 heteroatoms. The average Bonchev–Trinajstić information content (AvgIpc) is 2.53. The van der Waals surface area contributed by atoms with Gasteiger partial charge in [0.25, 0.3) is 0 Å². The van der Waals surface area contributed by atoms with Gasteiger partial charge in [-0.3, -0.25) is 0 Å². The lowest BCUT2D eigenvalue weighted by molar-refractivity contribution is 0.393. The van der Waals surface area contributed by atoms with Crippen molar-refractivity contribution in [3.63, 3.8) is 0 Å². The maximum absolute atomic E-state index is 9.64. The second-order valence-corrected chi connectivity index (χ2v) is 4.59. The second kappa shape index (κ2) is 5.66. The first-order chi connectivity index (χ1) is 10.3. The number of aromatic nitrogens is 2. The molecular formula is C16H15N3O2. The zero-order chi connectivity index (χ0) is 14.7. The van der Waals surface area contributed by atoms with E-state index in [9.17, 15) is 5.11 Å². The van der Waals surface area contributed by atoms with Crippen LogP contribution < -0.4 is 10.1 Å². The fourth-order valence-corrected chi connectivity index (χ4v) is 2.22. The SMILES string of the molecule is COc1ncccc1CNc1nccc2ccc(O)cc12. The van der Waals surface area contributed by atoms with Gasteiger partial charge in [0.05, 0.1) is 7.11 Å². The summed E-state index contributed by atoms with van der Waals surface area (Å²) >= 11 is 0. The molecule has 5 nitrogen and oxygen atoms in total.